The first-order valence-electron chi connectivity index (χ1n) is 6.00. The summed E-state index contributed by atoms with van der Waals surface area (Å²) >= 11 is 3.55. The molecule has 1 heterocycles. The summed E-state index contributed by atoms with van der Waals surface area (Å²) in [4.78, 5) is 2.31. The highest BCUT2D eigenvalue weighted by atomic mass is 79.9. The molecule has 0 saturated carbocycles. The van der Waals surface area contributed by atoms with E-state index in [0.29, 0.717) is 6.10 Å². The quantitative estimate of drug-likeness (QED) is 0.918. The van der Waals surface area contributed by atoms with Gasteiger partial charge in [0.1, 0.15) is 0 Å². The molecule has 0 unspecified atom stereocenters. The third-order valence-corrected chi connectivity index (χ3v) is 3.76. The monoisotopic (exact) mass is 298 g/mol. The molecule has 4 heteroatoms. The van der Waals surface area contributed by atoms with Crippen LogP contribution in [-0.4, -0.2) is 44.3 Å². The topological polar surface area (TPSA) is 24.5 Å². The molecule has 0 spiro atoms. The second kappa shape index (κ2) is 6.50. The van der Waals surface area contributed by atoms with Crippen molar-refractivity contribution in [1.82, 2.24) is 10.2 Å². The van der Waals surface area contributed by atoms with Crippen molar-refractivity contribution in [3.63, 3.8) is 0 Å². The van der Waals surface area contributed by atoms with E-state index in [1.165, 1.54) is 5.56 Å². The lowest BCUT2D eigenvalue weighted by Crippen LogP contribution is -2.44. The Bertz CT molecular complexity index is 359. The first kappa shape index (κ1) is 13.0. The molecule has 3 nitrogen and oxygen atoms in total. The first-order valence-corrected chi connectivity index (χ1v) is 6.79. The number of morpholine rings is 1. The van der Waals surface area contributed by atoms with Crippen molar-refractivity contribution in [2.75, 3.05) is 33.3 Å². The Balaban J connectivity index is 1.74. The fraction of sp³-hybridized carbons (Fsp3) is 0.538. The van der Waals surface area contributed by atoms with Gasteiger partial charge < -0.3 is 15.0 Å². The van der Waals surface area contributed by atoms with Crippen LogP contribution < -0.4 is 5.32 Å². The summed E-state index contributed by atoms with van der Waals surface area (Å²) in [6.07, 6.45) is 0.316. The lowest BCUT2D eigenvalue weighted by Gasteiger charge is -2.30. The van der Waals surface area contributed by atoms with Crippen molar-refractivity contribution >= 4 is 15.9 Å². The molecule has 1 atom stereocenters. The van der Waals surface area contributed by atoms with E-state index in [-0.39, 0.29) is 0 Å². The van der Waals surface area contributed by atoms with Gasteiger partial charge in [0, 0.05) is 30.7 Å². The summed E-state index contributed by atoms with van der Waals surface area (Å²) in [5.74, 6) is 0. The van der Waals surface area contributed by atoms with E-state index in [4.69, 9.17) is 4.74 Å². The summed E-state index contributed by atoms with van der Waals surface area (Å²) in [7, 11) is 2.14. The highest BCUT2D eigenvalue weighted by Crippen LogP contribution is 2.15. The van der Waals surface area contributed by atoms with Crippen LogP contribution >= 0.6 is 15.9 Å². The third kappa shape index (κ3) is 4.07. The summed E-state index contributed by atoms with van der Waals surface area (Å²) in [6, 6.07) is 8.30. The number of hydrogen-bond acceptors (Lipinski definition) is 3. The molecule has 1 aliphatic heterocycles. The van der Waals surface area contributed by atoms with Crippen LogP contribution in [0.25, 0.3) is 0 Å². The summed E-state index contributed by atoms with van der Waals surface area (Å²) in [5, 5.41) is 3.45. The minimum absolute atomic E-state index is 0.316. The summed E-state index contributed by atoms with van der Waals surface area (Å²) in [6.45, 7) is 4.69. The van der Waals surface area contributed by atoms with Gasteiger partial charge in [-0.3, -0.25) is 0 Å². The summed E-state index contributed by atoms with van der Waals surface area (Å²) in [5.41, 5.74) is 1.29. The van der Waals surface area contributed by atoms with Gasteiger partial charge in [-0.15, -0.1) is 0 Å². The van der Waals surface area contributed by atoms with E-state index in [1.54, 1.807) is 0 Å². The van der Waals surface area contributed by atoms with Crippen LogP contribution in [0.15, 0.2) is 28.7 Å². The van der Waals surface area contributed by atoms with E-state index >= 15 is 0 Å². The van der Waals surface area contributed by atoms with Crippen LogP contribution in [0.1, 0.15) is 5.56 Å². The molecule has 1 aromatic rings. The first-order chi connectivity index (χ1) is 8.25. The van der Waals surface area contributed by atoms with Crippen molar-refractivity contribution in [2.45, 2.75) is 12.6 Å². The maximum absolute atomic E-state index is 5.70. The molecule has 0 radical (unpaired) electrons. The lowest BCUT2D eigenvalue weighted by molar-refractivity contribution is -0.0182. The second-order valence-corrected chi connectivity index (χ2v) is 5.33. The predicted molar refractivity (Wildman–Crippen MR) is 73.1 cm³/mol. The van der Waals surface area contributed by atoms with Crippen molar-refractivity contribution < 1.29 is 4.74 Å². The maximum Gasteiger partial charge on any atom is 0.0826 e. The van der Waals surface area contributed by atoms with E-state index < -0.39 is 0 Å². The van der Waals surface area contributed by atoms with Gasteiger partial charge in [0.05, 0.1) is 12.7 Å². The zero-order valence-electron chi connectivity index (χ0n) is 10.2. The van der Waals surface area contributed by atoms with Crippen LogP contribution in [0.3, 0.4) is 0 Å². The molecule has 1 aliphatic rings. The number of benzene rings is 1. The van der Waals surface area contributed by atoms with E-state index in [0.717, 1.165) is 37.3 Å². The molecule has 0 bridgehead atoms. The third-order valence-electron chi connectivity index (χ3n) is 2.99. The molecule has 0 aliphatic carbocycles. The van der Waals surface area contributed by atoms with Gasteiger partial charge >= 0.3 is 0 Å². The molecular formula is C13H19BrN2O. The number of likely N-dealkylation sites (N-methyl/N-ethyl adjacent to an activating group) is 1. The molecule has 94 valence electrons. The van der Waals surface area contributed by atoms with Gasteiger partial charge in [-0.25, -0.2) is 0 Å². The smallest absolute Gasteiger partial charge is 0.0826 e. The largest absolute Gasteiger partial charge is 0.374 e. The molecule has 0 amide bonds. The van der Waals surface area contributed by atoms with Crippen molar-refractivity contribution in [1.29, 1.82) is 0 Å². The minimum Gasteiger partial charge on any atom is -0.374 e. The van der Waals surface area contributed by atoms with Gasteiger partial charge in [-0.2, -0.15) is 0 Å². The van der Waals surface area contributed by atoms with Crippen LogP contribution in [-0.2, 0) is 11.3 Å². The molecule has 1 fully saturated rings. The average molecular weight is 299 g/mol. The number of ether oxygens (including phenoxy) is 1. The zero-order chi connectivity index (χ0) is 12.1. The van der Waals surface area contributed by atoms with Crippen molar-refractivity contribution in [2.24, 2.45) is 0 Å². The molecule has 17 heavy (non-hydrogen) atoms. The molecule has 1 N–H and O–H groups in total. The molecule has 0 aromatic heterocycles. The van der Waals surface area contributed by atoms with E-state index in [2.05, 4.69) is 51.4 Å². The summed E-state index contributed by atoms with van der Waals surface area (Å²) < 4.78 is 6.86. The Kier molecular flexibility index (Phi) is 4.98. The average Bonchev–Trinajstić information content (AvgIpc) is 2.32. The fourth-order valence-corrected chi connectivity index (χ4v) is 2.42. The predicted octanol–water partition coefficient (Wildman–Crippen LogP) is 1.87. The standard InChI is InChI=1S/C13H19BrN2O/c1-16-6-7-17-12(10-16)9-15-8-11-4-2-3-5-13(11)14/h2-5,12,15H,6-10H2,1H3/t12-/m1/s1. The maximum atomic E-state index is 5.70. The minimum atomic E-state index is 0.316. The highest BCUT2D eigenvalue weighted by molar-refractivity contribution is 9.10. The van der Waals surface area contributed by atoms with Crippen LogP contribution in [0, 0.1) is 0 Å². The van der Waals surface area contributed by atoms with Crippen LogP contribution in [0.2, 0.25) is 0 Å². The molecule has 1 aromatic carbocycles. The van der Waals surface area contributed by atoms with Gasteiger partial charge in [0.25, 0.3) is 0 Å². The Morgan fingerprint density at radius 2 is 2.29 bits per heavy atom. The van der Waals surface area contributed by atoms with Crippen LogP contribution in [0.4, 0.5) is 0 Å². The van der Waals surface area contributed by atoms with Gasteiger partial charge in [-0.1, -0.05) is 34.1 Å². The Morgan fingerprint density at radius 1 is 1.47 bits per heavy atom. The lowest BCUT2D eigenvalue weighted by atomic mass is 10.2. The van der Waals surface area contributed by atoms with Crippen LogP contribution in [0.5, 0.6) is 0 Å². The highest BCUT2D eigenvalue weighted by Gasteiger charge is 2.16. The molecule has 2 rings (SSSR count). The van der Waals surface area contributed by atoms with Crippen molar-refractivity contribution in [3.8, 4) is 0 Å². The molecule has 1 saturated heterocycles. The van der Waals surface area contributed by atoms with Gasteiger partial charge in [0.15, 0.2) is 0 Å². The zero-order valence-corrected chi connectivity index (χ0v) is 11.7. The number of rotatable bonds is 4. The molecular weight excluding hydrogens is 280 g/mol. The van der Waals surface area contributed by atoms with Crippen molar-refractivity contribution in [3.05, 3.63) is 34.3 Å². The number of halogens is 1. The second-order valence-electron chi connectivity index (χ2n) is 4.48. The SMILES string of the molecule is CN1CCO[C@H](CNCc2ccccc2Br)C1. The van der Waals surface area contributed by atoms with Gasteiger partial charge in [-0.05, 0) is 18.7 Å². The number of nitrogens with one attached hydrogen (secondary N) is 1. The Hall–Kier alpha value is -0.420. The Labute approximate surface area is 111 Å². The number of hydrogen-bond donors (Lipinski definition) is 1. The van der Waals surface area contributed by atoms with E-state index in [9.17, 15) is 0 Å². The van der Waals surface area contributed by atoms with E-state index in [1.807, 2.05) is 6.07 Å². The Morgan fingerprint density at radius 3 is 3.06 bits per heavy atom. The normalized spacial score (nSPS) is 21.6. The number of nitrogens with zero attached hydrogens (tertiary/aromatic N) is 1. The fourth-order valence-electron chi connectivity index (χ4n) is 2.00. The van der Waals surface area contributed by atoms with Gasteiger partial charge in [0.2, 0.25) is 0 Å².